The van der Waals surface area contributed by atoms with Crippen LogP contribution in [0.2, 0.25) is 0 Å². The summed E-state index contributed by atoms with van der Waals surface area (Å²) in [5, 5.41) is 11.8. The van der Waals surface area contributed by atoms with Gasteiger partial charge in [-0.05, 0) is 19.1 Å². The molecular formula is C11H14N2S. The Morgan fingerprint density at radius 1 is 1.50 bits per heavy atom. The number of nitrogens with one attached hydrogen (secondary N) is 1. The fourth-order valence-corrected chi connectivity index (χ4v) is 2.06. The van der Waals surface area contributed by atoms with Crippen LogP contribution in [0.25, 0.3) is 0 Å². The summed E-state index contributed by atoms with van der Waals surface area (Å²) in [5.41, 5.74) is 1.13. The Bertz CT molecular complexity index is 330. The smallest absolute Gasteiger partial charge is 0.0661 e. The van der Waals surface area contributed by atoms with Gasteiger partial charge >= 0.3 is 0 Å². The van der Waals surface area contributed by atoms with Crippen LogP contribution in [0.3, 0.4) is 0 Å². The van der Waals surface area contributed by atoms with Gasteiger partial charge in [0.25, 0.3) is 0 Å². The summed E-state index contributed by atoms with van der Waals surface area (Å²) in [4.78, 5) is 1.21. The first-order chi connectivity index (χ1) is 6.77. The van der Waals surface area contributed by atoms with Crippen molar-refractivity contribution in [3.05, 3.63) is 24.3 Å². The number of para-hydroxylation sites is 1. The highest BCUT2D eigenvalue weighted by atomic mass is 32.2. The Balaban J connectivity index is 2.63. The maximum Gasteiger partial charge on any atom is 0.0661 e. The molecule has 0 radical (unpaired) electrons. The van der Waals surface area contributed by atoms with E-state index in [1.807, 2.05) is 32.2 Å². The van der Waals surface area contributed by atoms with E-state index in [9.17, 15) is 0 Å². The number of benzene rings is 1. The van der Waals surface area contributed by atoms with Crippen LogP contribution in [-0.2, 0) is 0 Å². The van der Waals surface area contributed by atoms with Gasteiger partial charge < -0.3 is 5.32 Å². The van der Waals surface area contributed by atoms with Crippen LogP contribution in [0.15, 0.2) is 29.2 Å². The van der Waals surface area contributed by atoms with Crippen molar-refractivity contribution in [3.63, 3.8) is 0 Å². The van der Waals surface area contributed by atoms with Gasteiger partial charge in [-0.3, -0.25) is 0 Å². The fourth-order valence-electron chi connectivity index (χ4n) is 1.05. The van der Waals surface area contributed by atoms with E-state index >= 15 is 0 Å². The predicted octanol–water partition coefficient (Wildman–Crippen LogP) is 2.98. The van der Waals surface area contributed by atoms with E-state index in [2.05, 4.69) is 17.5 Å². The second kappa shape index (κ2) is 5.56. The first kappa shape index (κ1) is 10.9. The molecule has 0 aliphatic heterocycles. The van der Waals surface area contributed by atoms with Crippen LogP contribution < -0.4 is 5.32 Å². The molecular weight excluding hydrogens is 192 g/mol. The molecule has 0 bridgehead atoms. The average Bonchev–Trinajstić information content (AvgIpc) is 2.26. The van der Waals surface area contributed by atoms with Crippen molar-refractivity contribution in [2.45, 2.75) is 11.8 Å². The van der Waals surface area contributed by atoms with E-state index in [0.717, 1.165) is 11.4 Å². The maximum atomic E-state index is 8.66. The Kier molecular flexibility index (Phi) is 4.34. The van der Waals surface area contributed by atoms with E-state index in [1.165, 1.54) is 4.90 Å². The van der Waals surface area contributed by atoms with Gasteiger partial charge in [0.2, 0.25) is 0 Å². The Labute approximate surface area is 89.3 Å². The third kappa shape index (κ3) is 2.97. The second-order valence-corrected chi connectivity index (χ2v) is 4.15. The van der Waals surface area contributed by atoms with Gasteiger partial charge in [0.1, 0.15) is 0 Å². The number of hydrogen-bond donors (Lipinski definition) is 1. The molecule has 0 saturated carbocycles. The number of nitrogens with zero attached hydrogens (tertiary/aromatic N) is 1. The average molecular weight is 206 g/mol. The summed E-state index contributed by atoms with van der Waals surface area (Å²) in [5.74, 6) is 0.944. The van der Waals surface area contributed by atoms with Gasteiger partial charge in [-0.15, -0.1) is 11.8 Å². The van der Waals surface area contributed by atoms with Crippen molar-refractivity contribution in [2.24, 2.45) is 5.92 Å². The minimum absolute atomic E-state index is 0.102. The predicted molar refractivity (Wildman–Crippen MR) is 61.5 cm³/mol. The zero-order valence-corrected chi connectivity index (χ0v) is 9.27. The first-order valence-electron chi connectivity index (χ1n) is 4.57. The molecule has 2 nitrogen and oxygen atoms in total. The maximum absolute atomic E-state index is 8.66. The number of anilines is 1. The highest BCUT2D eigenvalue weighted by Crippen LogP contribution is 2.27. The van der Waals surface area contributed by atoms with E-state index in [-0.39, 0.29) is 5.92 Å². The molecule has 0 aromatic heterocycles. The standard InChI is InChI=1S/C11H14N2S/c1-9(7-12)8-14-11-6-4-3-5-10(11)13-2/h3-6,9,13H,8H2,1-2H3. The van der Waals surface area contributed by atoms with E-state index in [1.54, 1.807) is 11.8 Å². The molecule has 0 heterocycles. The molecule has 0 amide bonds. The number of rotatable bonds is 4. The number of nitriles is 1. The minimum Gasteiger partial charge on any atom is -0.387 e. The molecule has 1 aromatic carbocycles. The molecule has 14 heavy (non-hydrogen) atoms. The molecule has 1 atom stereocenters. The summed E-state index contributed by atoms with van der Waals surface area (Å²) >= 11 is 1.72. The number of thioether (sulfide) groups is 1. The topological polar surface area (TPSA) is 35.8 Å². The third-order valence-electron chi connectivity index (χ3n) is 1.87. The van der Waals surface area contributed by atoms with Crippen molar-refractivity contribution in [2.75, 3.05) is 18.1 Å². The van der Waals surface area contributed by atoms with Crippen LogP contribution in [0.1, 0.15) is 6.92 Å². The largest absolute Gasteiger partial charge is 0.387 e. The molecule has 0 aliphatic carbocycles. The SMILES string of the molecule is CNc1ccccc1SCC(C)C#N. The highest BCUT2D eigenvalue weighted by molar-refractivity contribution is 7.99. The summed E-state index contributed by atoms with van der Waals surface area (Å²) in [6.07, 6.45) is 0. The molecule has 1 N–H and O–H groups in total. The highest BCUT2D eigenvalue weighted by Gasteiger charge is 2.03. The Morgan fingerprint density at radius 3 is 2.86 bits per heavy atom. The zero-order valence-electron chi connectivity index (χ0n) is 8.45. The second-order valence-electron chi connectivity index (χ2n) is 3.09. The molecule has 3 heteroatoms. The van der Waals surface area contributed by atoms with Crippen molar-refractivity contribution in [3.8, 4) is 6.07 Å². The van der Waals surface area contributed by atoms with Gasteiger partial charge in [0.15, 0.2) is 0 Å². The van der Waals surface area contributed by atoms with Crippen LogP contribution in [0.4, 0.5) is 5.69 Å². The minimum atomic E-state index is 0.102. The van der Waals surface area contributed by atoms with Crippen LogP contribution >= 0.6 is 11.8 Å². The van der Waals surface area contributed by atoms with Crippen LogP contribution in [0.5, 0.6) is 0 Å². The van der Waals surface area contributed by atoms with E-state index in [4.69, 9.17) is 5.26 Å². The summed E-state index contributed by atoms with van der Waals surface area (Å²) in [6, 6.07) is 10.4. The van der Waals surface area contributed by atoms with Gasteiger partial charge in [0, 0.05) is 23.4 Å². The molecule has 0 aliphatic rings. The van der Waals surface area contributed by atoms with Gasteiger partial charge in [-0.25, -0.2) is 0 Å². The lowest BCUT2D eigenvalue weighted by atomic mass is 10.3. The van der Waals surface area contributed by atoms with Gasteiger partial charge in [-0.1, -0.05) is 12.1 Å². The van der Waals surface area contributed by atoms with Crippen molar-refractivity contribution in [1.29, 1.82) is 5.26 Å². The van der Waals surface area contributed by atoms with Crippen molar-refractivity contribution < 1.29 is 0 Å². The molecule has 1 aromatic rings. The zero-order chi connectivity index (χ0) is 10.4. The fraction of sp³-hybridized carbons (Fsp3) is 0.364. The van der Waals surface area contributed by atoms with Gasteiger partial charge in [0.05, 0.1) is 12.0 Å². The molecule has 0 saturated heterocycles. The lowest BCUT2D eigenvalue weighted by Gasteiger charge is -2.08. The van der Waals surface area contributed by atoms with Crippen molar-refractivity contribution in [1.82, 2.24) is 0 Å². The summed E-state index contributed by atoms with van der Waals surface area (Å²) < 4.78 is 0. The molecule has 74 valence electrons. The Morgan fingerprint density at radius 2 is 2.21 bits per heavy atom. The lowest BCUT2D eigenvalue weighted by molar-refractivity contribution is 0.864. The lowest BCUT2D eigenvalue weighted by Crippen LogP contribution is -1.95. The molecule has 0 spiro atoms. The van der Waals surface area contributed by atoms with Gasteiger partial charge in [-0.2, -0.15) is 5.26 Å². The molecule has 1 unspecified atom stereocenters. The van der Waals surface area contributed by atoms with E-state index in [0.29, 0.717) is 0 Å². The third-order valence-corrected chi connectivity index (χ3v) is 3.20. The molecule has 1 rings (SSSR count). The Hall–Kier alpha value is -1.14. The van der Waals surface area contributed by atoms with Crippen LogP contribution in [-0.4, -0.2) is 12.8 Å². The monoisotopic (exact) mass is 206 g/mol. The van der Waals surface area contributed by atoms with Crippen molar-refractivity contribution >= 4 is 17.4 Å². The number of hydrogen-bond acceptors (Lipinski definition) is 3. The normalized spacial score (nSPS) is 11.8. The summed E-state index contributed by atoms with van der Waals surface area (Å²) in [6.45, 7) is 1.94. The molecule has 0 fully saturated rings. The van der Waals surface area contributed by atoms with E-state index < -0.39 is 0 Å². The van der Waals surface area contributed by atoms with Crippen LogP contribution in [0, 0.1) is 17.2 Å². The quantitative estimate of drug-likeness (QED) is 0.769. The summed E-state index contributed by atoms with van der Waals surface area (Å²) in [7, 11) is 1.91. The first-order valence-corrected chi connectivity index (χ1v) is 5.55.